The largest absolute Gasteiger partial charge is 0.496 e. The zero-order chi connectivity index (χ0) is 14.2. The smallest absolute Gasteiger partial charge is 0.124 e. The maximum Gasteiger partial charge on any atom is 0.124 e. The van der Waals surface area contributed by atoms with Gasteiger partial charge < -0.3 is 14.6 Å². The SMILES string of the molecule is COc1ccc(OC)c2c1C[C@@H](CO)CC21SCCS1. The van der Waals surface area contributed by atoms with Crippen LogP contribution in [0, 0.1) is 5.92 Å². The highest BCUT2D eigenvalue weighted by Crippen LogP contribution is 2.62. The van der Waals surface area contributed by atoms with Crippen LogP contribution >= 0.6 is 23.5 Å². The van der Waals surface area contributed by atoms with Crippen LogP contribution in [0.4, 0.5) is 0 Å². The molecule has 0 bridgehead atoms. The molecule has 1 aromatic rings. The lowest BCUT2D eigenvalue weighted by molar-refractivity contribution is 0.207. The van der Waals surface area contributed by atoms with E-state index in [0.717, 1.165) is 35.8 Å². The standard InChI is InChI=1S/C15H20O3S2/c1-17-12-3-4-13(18-2)14-11(12)7-10(9-16)8-15(14)19-5-6-20-15/h3-4,10,16H,5-9H2,1-2H3/t10-/m1/s1. The van der Waals surface area contributed by atoms with E-state index in [0.29, 0.717) is 5.92 Å². The van der Waals surface area contributed by atoms with Gasteiger partial charge in [-0.15, -0.1) is 23.5 Å². The summed E-state index contributed by atoms with van der Waals surface area (Å²) in [5, 5.41) is 9.66. The van der Waals surface area contributed by atoms with Crippen molar-refractivity contribution in [1.82, 2.24) is 0 Å². The molecule has 1 N–H and O–H groups in total. The van der Waals surface area contributed by atoms with Crippen molar-refractivity contribution in [2.45, 2.75) is 16.9 Å². The summed E-state index contributed by atoms with van der Waals surface area (Å²) in [5.74, 6) is 4.50. The van der Waals surface area contributed by atoms with Crippen molar-refractivity contribution in [1.29, 1.82) is 0 Å². The second-order valence-corrected chi connectivity index (χ2v) is 8.28. The lowest BCUT2D eigenvalue weighted by atomic mass is 9.82. The van der Waals surface area contributed by atoms with Crippen molar-refractivity contribution in [3.8, 4) is 11.5 Å². The van der Waals surface area contributed by atoms with Crippen molar-refractivity contribution in [3.63, 3.8) is 0 Å². The highest BCUT2D eigenvalue weighted by Gasteiger charge is 2.46. The van der Waals surface area contributed by atoms with Crippen molar-refractivity contribution in [3.05, 3.63) is 23.3 Å². The fourth-order valence-electron chi connectivity index (χ4n) is 3.28. The van der Waals surface area contributed by atoms with Crippen molar-refractivity contribution in [2.24, 2.45) is 5.92 Å². The summed E-state index contributed by atoms with van der Waals surface area (Å²) >= 11 is 3.98. The molecule has 1 aromatic carbocycles. The summed E-state index contributed by atoms with van der Waals surface area (Å²) in [5.41, 5.74) is 2.51. The number of aliphatic hydroxyl groups is 1. The Morgan fingerprint density at radius 2 is 1.85 bits per heavy atom. The van der Waals surface area contributed by atoms with E-state index in [4.69, 9.17) is 9.47 Å². The number of benzene rings is 1. The van der Waals surface area contributed by atoms with E-state index >= 15 is 0 Å². The number of fused-ring (bicyclic) bond motifs is 2. The Morgan fingerprint density at radius 3 is 2.45 bits per heavy atom. The van der Waals surface area contributed by atoms with Crippen LogP contribution in [-0.4, -0.2) is 37.4 Å². The highest BCUT2D eigenvalue weighted by molar-refractivity contribution is 8.20. The normalized spacial score (nSPS) is 23.6. The molecule has 0 amide bonds. The van der Waals surface area contributed by atoms with E-state index in [1.807, 2.05) is 35.7 Å². The quantitative estimate of drug-likeness (QED) is 0.929. The minimum Gasteiger partial charge on any atom is -0.496 e. The molecule has 1 atom stereocenters. The summed E-state index contributed by atoms with van der Waals surface area (Å²) < 4.78 is 11.2. The predicted octanol–water partition coefficient (Wildman–Crippen LogP) is 2.89. The maximum absolute atomic E-state index is 9.66. The molecule has 0 aromatic heterocycles. The monoisotopic (exact) mass is 312 g/mol. The molecule has 1 heterocycles. The number of hydrogen-bond acceptors (Lipinski definition) is 5. The number of thioether (sulfide) groups is 2. The average molecular weight is 312 g/mol. The zero-order valence-electron chi connectivity index (χ0n) is 11.8. The molecule has 3 rings (SSSR count). The average Bonchev–Trinajstić information content (AvgIpc) is 2.94. The number of hydrogen-bond donors (Lipinski definition) is 1. The molecule has 0 saturated carbocycles. The first kappa shape index (κ1) is 14.4. The number of ether oxygens (including phenoxy) is 2. The molecule has 1 aliphatic heterocycles. The minimum absolute atomic E-state index is 0.0286. The van der Waals surface area contributed by atoms with E-state index in [-0.39, 0.29) is 10.7 Å². The Bertz CT molecular complexity index is 498. The van der Waals surface area contributed by atoms with Crippen LogP contribution in [0.1, 0.15) is 17.5 Å². The fraction of sp³-hybridized carbons (Fsp3) is 0.600. The van der Waals surface area contributed by atoms with Crippen LogP contribution in [0.3, 0.4) is 0 Å². The summed E-state index contributed by atoms with van der Waals surface area (Å²) in [4.78, 5) is 0. The molecule has 20 heavy (non-hydrogen) atoms. The predicted molar refractivity (Wildman–Crippen MR) is 85.0 cm³/mol. The van der Waals surface area contributed by atoms with Crippen molar-refractivity contribution in [2.75, 3.05) is 32.3 Å². The Hall–Kier alpha value is -0.520. The van der Waals surface area contributed by atoms with Gasteiger partial charge in [-0.05, 0) is 30.9 Å². The first-order valence-electron chi connectivity index (χ1n) is 6.87. The molecule has 3 nitrogen and oxygen atoms in total. The van der Waals surface area contributed by atoms with E-state index in [1.165, 1.54) is 11.1 Å². The third-order valence-corrected chi connectivity index (χ3v) is 7.57. The molecule has 1 fully saturated rings. The lowest BCUT2D eigenvalue weighted by Crippen LogP contribution is -2.31. The van der Waals surface area contributed by atoms with Gasteiger partial charge in [0, 0.05) is 29.2 Å². The first-order valence-corrected chi connectivity index (χ1v) is 8.84. The van der Waals surface area contributed by atoms with E-state index < -0.39 is 0 Å². The fourth-order valence-corrected chi connectivity index (χ4v) is 6.88. The summed E-state index contributed by atoms with van der Waals surface area (Å²) in [7, 11) is 3.45. The number of rotatable bonds is 3. The van der Waals surface area contributed by atoms with E-state index in [2.05, 4.69) is 0 Å². The van der Waals surface area contributed by atoms with Gasteiger partial charge in [-0.3, -0.25) is 0 Å². The zero-order valence-corrected chi connectivity index (χ0v) is 13.5. The number of methoxy groups -OCH3 is 2. The topological polar surface area (TPSA) is 38.7 Å². The second kappa shape index (κ2) is 5.70. The van der Waals surface area contributed by atoms with Crippen molar-refractivity contribution >= 4 is 23.5 Å². The molecule has 110 valence electrons. The number of aliphatic hydroxyl groups excluding tert-OH is 1. The van der Waals surface area contributed by atoms with Gasteiger partial charge in [-0.2, -0.15) is 0 Å². The Labute approximate surface area is 128 Å². The van der Waals surface area contributed by atoms with Gasteiger partial charge in [0.15, 0.2) is 0 Å². The van der Waals surface area contributed by atoms with Gasteiger partial charge in [-0.1, -0.05) is 0 Å². The molecular formula is C15H20O3S2. The molecule has 2 aliphatic rings. The lowest BCUT2D eigenvalue weighted by Gasteiger charge is -2.39. The van der Waals surface area contributed by atoms with E-state index in [1.54, 1.807) is 14.2 Å². The summed E-state index contributed by atoms with van der Waals surface area (Å²) in [6.07, 6.45) is 1.88. The van der Waals surface area contributed by atoms with Gasteiger partial charge in [0.05, 0.1) is 18.3 Å². The summed E-state index contributed by atoms with van der Waals surface area (Å²) in [6, 6.07) is 3.99. The van der Waals surface area contributed by atoms with Gasteiger partial charge in [0.25, 0.3) is 0 Å². The van der Waals surface area contributed by atoms with Gasteiger partial charge in [0.2, 0.25) is 0 Å². The first-order chi connectivity index (χ1) is 9.74. The van der Waals surface area contributed by atoms with Crippen LogP contribution in [0.5, 0.6) is 11.5 Å². The molecule has 1 saturated heterocycles. The Balaban J connectivity index is 2.18. The van der Waals surface area contributed by atoms with E-state index in [9.17, 15) is 5.11 Å². The van der Waals surface area contributed by atoms with Crippen LogP contribution in [0.15, 0.2) is 12.1 Å². The molecule has 1 spiro atoms. The van der Waals surface area contributed by atoms with Crippen molar-refractivity contribution < 1.29 is 14.6 Å². The molecule has 5 heteroatoms. The Morgan fingerprint density at radius 1 is 1.20 bits per heavy atom. The Kier molecular flexibility index (Phi) is 4.11. The van der Waals surface area contributed by atoms with Crippen LogP contribution in [0.25, 0.3) is 0 Å². The minimum atomic E-state index is 0.0286. The van der Waals surface area contributed by atoms with Gasteiger partial charge in [-0.25, -0.2) is 0 Å². The highest BCUT2D eigenvalue weighted by atomic mass is 32.2. The van der Waals surface area contributed by atoms with Crippen LogP contribution in [0.2, 0.25) is 0 Å². The van der Waals surface area contributed by atoms with Gasteiger partial charge in [0.1, 0.15) is 11.5 Å². The van der Waals surface area contributed by atoms with Crippen LogP contribution in [-0.2, 0) is 10.5 Å². The third-order valence-electron chi connectivity index (χ3n) is 4.11. The van der Waals surface area contributed by atoms with Gasteiger partial charge >= 0.3 is 0 Å². The maximum atomic E-state index is 9.66. The summed E-state index contributed by atoms with van der Waals surface area (Å²) in [6.45, 7) is 0.239. The molecule has 0 unspecified atom stereocenters. The van der Waals surface area contributed by atoms with Crippen LogP contribution < -0.4 is 9.47 Å². The molecular weight excluding hydrogens is 292 g/mol. The molecule has 0 radical (unpaired) electrons. The second-order valence-electron chi connectivity index (χ2n) is 5.23. The third kappa shape index (κ3) is 2.20. The molecule has 1 aliphatic carbocycles.